The van der Waals surface area contributed by atoms with Crippen LogP contribution >= 0.6 is 12.4 Å². The quantitative estimate of drug-likeness (QED) is 0.477. The second-order valence-electron chi connectivity index (χ2n) is 1.39. The first-order valence-electron chi connectivity index (χ1n) is 2.21. The molecule has 0 aromatic rings. The van der Waals surface area contributed by atoms with Crippen molar-refractivity contribution in [3.63, 3.8) is 0 Å². The summed E-state index contributed by atoms with van der Waals surface area (Å²) < 4.78 is 0. The predicted octanol–water partition coefficient (Wildman–Crippen LogP) is 1.63. The number of hydrogen-bond donors (Lipinski definition) is 1. The molecule has 0 heterocycles. The number of carboxylic acids is 1. The fraction of sp³-hybridized carbons (Fsp3) is 0.167. The predicted molar refractivity (Wildman–Crippen MR) is 38.8 cm³/mol. The number of carbonyl (C=O) groups is 1. The lowest BCUT2D eigenvalue weighted by atomic mass is 10.3. The van der Waals surface area contributed by atoms with Gasteiger partial charge in [0.15, 0.2) is 0 Å². The van der Waals surface area contributed by atoms with E-state index in [9.17, 15) is 4.79 Å². The van der Waals surface area contributed by atoms with Crippen LogP contribution in [0.3, 0.4) is 0 Å². The van der Waals surface area contributed by atoms with Crippen molar-refractivity contribution < 1.29 is 9.90 Å². The van der Waals surface area contributed by atoms with Gasteiger partial charge >= 0.3 is 5.97 Å². The average molecular weight is 149 g/mol. The van der Waals surface area contributed by atoms with Gasteiger partial charge in [0.1, 0.15) is 0 Å². The number of halogens is 1. The molecule has 0 aromatic heterocycles. The Morgan fingerprint density at radius 3 is 2.22 bits per heavy atom. The summed E-state index contributed by atoms with van der Waals surface area (Å²) in [5.74, 6) is -0.898. The highest BCUT2D eigenvalue weighted by Crippen LogP contribution is 1.89. The third-order valence-electron chi connectivity index (χ3n) is 0.705. The molecule has 0 saturated heterocycles. The van der Waals surface area contributed by atoms with Crippen LogP contribution in [0, 0.1) is 0 Å². The highest BCUT2D eigenvalue weighted by Gasteiger charge is 1.94. The number of aliphatic carboxylic acids is 1. The van der Waals surface area contributed by atoms with E-state index in [1.165, 1.54) is 19.1 Å². The Morgan fingerprint density at radius 1 is 1.67 bits per heavy atom. The van der Waals surface area contributed by atoms with E-state index in [-0.39, 0.29) is 12.4 Å². The van der Waals surface area contributed by atoms with Gasteiger partial charge in [-0.25, -0.2) is 4.79 Å². The zero-order chi connectivity index (χ0) is 6.57. The largest absolute Gasteiger partial charge is 0.478 e. The van der Waals surface area contributed by atoms with Crippen LogP contribution in [0.2, 0.25) is 0 Å². The van der Waals surface area contributed by atoms with E-state index in [2.05, 4.69) is 6.58 Å². The van der Waals surface area contributed by atoms with Gasteiger partial charge in [0.25, 0.3) is 0 Å². The molecule has 0 aromatic carbocycles. The molecule has 0 radical (unpaired) electrons. The molecule has 0 aliphatic heterocycles. The summed E-state index contributed by atoms with van der Waals surface area (Å²) in [5, 5.41) is 8.20. The zero-order valence-electron chi connectivity index (χ0n) is 5.13. The lowest BCUT2D eigenvalue weighted by molar-refractivity contribution is -0.132. The van der Waals surface area contributed by atoms with Gasteiger partial charge in [-0.05, 0) is 6.92 Å². The van der Waals surface area contributed by atoms with Gasteiger partial charge in [-0.15, -0.1) is 12.4 Å². The highest BCUT2D eigenvalue weighted by molar-refractivity contribution is 5.86. The van der Waals surface area contributed by atoms with Crippen molar-refractivity contribution in [3.8, 4) is 0 Å². The Morgan fingerprint density at radius 2 is 2.11 bits per heavy atom. The molecule has 52 valence electrons. The van der Waals surface area contributed by atoms with Crippen LogP contribution in [0.1, 0.15) is 6.92 Å². The molecule has 0 unspecified atom stereocenters. The van der Waals surface area contributed by atoms with Crippen LogP contribution in [-0.4, -0.2) is 11.1 Å². The van der Waals surface area contributed by atoms with Crippen molar-refractivity contribution in [1.82, 2.24) is 0 Å². The van der Waals surface area contributed by atoms with Crippen LogP contribution < -0.4 is 0 Å². The Kier molecular flexibility index (Phi) is 6.63. The van der Waals surface area contributed by atoms with Crippen LogP contribution in [0.4, 0.5) is 0 Å². The summed E-state index contributed by atoms with van der Waals surface area (Å²) in [4.78, 5) is 9.97. The molecule has 2 nitrogen and oxygen atoms in total. The summed E-state index contributed by atoms with van der Waals surface area (Å²) in [6.07, 6.45) is 2.89. The van der Waals surface area contributed by atoms with Crippen molar-refractivity contribution >= 4 is 18.4 Å². The summed E-state index contributed by atoms with van der Waals surface area (Å²) in [5.41, 5.74) is 0.306. The Hall–Kier alpha value is -0.760. The first kappa shape index (κ1) is 11.1. The molecule has 0 atom stereocenters. The molecule has 0 fully saturated rings. The SMILES string of the molecule is C=CC=C(C)C(=O)O.Cl. The lowest BCUT2D eigenvalue weighted by Crippen LogP contribution is -1.94. The summed E-state index contributed by atoms with van der Waals surface area (Å²) in [7, 11) is 0. The van der Waals surface area contributed by atoms with Crippen LogP contribution in [0.25, 0.3) is 0 Å². The minimum atomic E-state index is -0.898. The van der Waals surface area contributed by atoms with E-state index in [0.717, 1.165) is 0 Å². The van der Waals surface area contributed by atoms with E-state index < -0.39 is 5.97 Å². The van der Waals surface area contributed by atoms with Crippen molar-refractivity contribution in [3.05, 3.63) is 24.3 Å². The number of carboxylic acid groups (broad SMARTS) is 1. The fourth-order valence-corrected chi connectivity index (χ4v) is 0.248. The van der Waals surface area contributed by atoms with Gasteiger partial charge in [0, 0.05) is 5.57 Å². The number of rotatable bonds is 2. The van der Waals surface area contributed by atoms with Gasteiger partial charge in [-0.1, -0.05) is 18.7 Å². The maximum Gasteiger partial charge on any atom is 0.331 e. The van der Waals surface area contributed by atoms with Crippen LogP contribution in [0.15, 0.2) is 24.3 Å². The van der Waals surface area contributed by atoms with Gasteiger partial charge in [0.05, 0.1) is 0 Å². The third kappa shape index (κ3) is 5.11. The molecular weight excluding hydrogens is 140 g/mol. The number of allylic oxidation sites excluding steroid dienone is 2. The Bertz CT molecular complexity index is 138. The summed E-state index contributed by atoms with van der Waals surface area (Å²) >= 11 is 0. The second kappa shape index (κ2) is 5.38. The lowest BCUT2D eigenvalue weighted by Gasteiger charge is -1.84. The minimum Gasteiger partial charge on any atom is -0.478 e. The van der Waals surface area contributed by atoms with Crippen molar-refractivity contribution in [2.45, 2.75) is 6.92 Å². The van der Waals surface area contributed by atoms with Crippen molar-refractivity contribution in [2.24, 2.45) is 0 Å². The molecule has 0 aliphatic carbocycles. The molecule has 0 rings (SSSR count). The summed E-state index contributed by atoms with van der Waals surface area (Å²) in [6, 6.07) is 0. The van der Waals surface area contributed by atoms with Gasteiger partial charge in [0.2, 0.25) is 0 Å². The standard InChI is InChI=1S/C6H8O2.ClH/c1-3-4-5(2)6(7)8;/h3-4H,1H2,2H3,(H,7,8);1H. The molecular formula is C6H9ClO2. The minimum absolute atomic E-state index is 0. The molecule has 0 amide bonds. The average Bonchev–Trinajstić information content (AvgIpc) is 1.67. The molecule has 0 saturated carbocycles. The van der Waals surface area contributed by atoms with E-state index >= 15 is 0 Å². The monoisotopic (exact) mass is 148 g/mol. The number of hydrogen-bond acceptors (Lipinski definition) is 1. The Labute approximate surface area is 60.3 Å². The van der Waals surface area contributed by atoms with E-state index in [1.807, 2.05) is 0 Å². The zero-order valence-corrected chi connectivity index (χ0v) is 5.94. The van der Waals surface area contributed by atoms with Gasteiger partial charge in [-0.3, -0.25) is 0 Å². The normalized spacial score (nSPS) is 9.67. The van der Waals surface area contributed by atoms with Crippen molar-refractivity contribution in [2.75, 3.05) is 0 Å². The molecule has 0 spiro atoms. The Balaban J connectivity index is 0. The van der Waals surface area contributed by atoms with Crippen LogP contribution in [-0.2, 0) is 4.79 Å². The molecule has 9 heavy (non-hydrogen) atoms. The van der Waals surface area contributed by atoms with Crippen LogP contribution in [0.5, 0.6) is 0 Å². The van der Waals surface area contributed by atoms with E-state index in [1.54, 1.807) is 0 Å². The van der Waals surface area contributed by atoms with E-state index in [0.29, 0.717) is 5.57 Å². The van der Waals surface area contributed by atoms with Crippen molar-refractivity contribution in [1.29, 1.82) is 0 Å². The van der Waals surface area contributed by atoms with Gasteiger partial charge < -0.3 is 5.11 Å². The maximum absolute atomic E-state index is 9.97. The first-order valence-corrected chi connectivity index (χ1v) is 2.21. The highest BCUT2D eigenvalue weighted by atomic mass is 35.5. The first-order chi connectivity index (χ1) is 3.68. The molecule has 3 heteroatoms. The fourth-order valence-electron chi connectivity index (χ4n) is 0.248. The molecule has 1 N–H and O–H groups in total. The topological polar surface area (TPSA) is 37.3 Å². The third-order valence-corrected chi connectivity index (χ3v) is 0.705. The maximum atomic E-state index is 9.97. The smallest absolute Gasteiger partial charge is 0.331 e. The summed E-state index contributed by atoms with van der Waals surface area (Å²) in [6.45, 7) is 4.86. The van der Waals surface area contributed by atoms with E-state index in [4.69, 9.17) is 5.11 Å². The molecule has 0 aliphatic rings. The van der Waals surface area contributed by atoms with Gasteiger partial charge in [-0.2, -0.15) is 0 Å². The second-order valence-corrected chi connectivity index (χ2v) is 1.39. The molecule has 0 bridgehead atoms.